The Kier molecular flexibility index (Phi) is 6.63. The van der Waals surface area contributed by atoms with E-state index in [1.165, 1.54) is 0 Å². The number of carbonyl (C=O) groups is 1. The second-order valence-electron chi connectivity index (χ2n) is 7.39. The maximum atomic E-state index is 12.6. The SMILES string of the molecule is CCCC(C)(N)C(=O)Nc1cccc(CS(=O)(=O)C2CCCCC2)c1. The van der Waals surface area contributed by atoms with Crippen LogP contribution in [0.15, 0.2) is 24.3 Å². The molecule has 1 aromatic carbocycles. The average molecular weight is 367 g/mol. The van der Waals surface area contributed by atoms with E-state index in [0.29, 0.717) is 17.7 Å². The highest BCUT2D eigenvalue weighted by Crippen LogP contribution is 2.26. The second kappa shape index (κ2) is 8.32. The van der Waals surface area contributed by atoms with Gasteiger partial charge in [0, 0.05) is 5.69 Å². The van der Waals surface area contributed by atoms with Crippen LogP contribution in [0, 0.1) is 0 Å². The molecule has 25 heavy (non-hydrogen) atoms. The Morgan fingerprint density at radius 3 is 2.60 bits per heavy atom. The fourth-order valence-electron chi connectivity index (χ4n) is 3.42. The van der Waals surface area contributed by atoms with Crippen molar-refractivity contribution in [1.29, 1.82) is 0 Å². The molecule has 0 aromatic heterocycles. The number of nitrogens with one attached hydrogen (secondary N) is 1. The molecule has 140 valence electrons. The molecule has 1 aromatic rings. The van der Waals surface area contributed by atoms with Crippen molar-refractivity contribution in [3.05, 3.63) is 29.8 Å². The zero-order valence-electron chi connectivity index (χ0n) is 15.3. The molecule has 0 spiro atoms. The van der Waals surface area contributed by atoms with Gasteiger partial charge in [-0.3, -0.25) is 4.79 Å². The molecule has 1 amide bonds. The number of hydrogen-bond donors (Lipinski definition) is 2. The van der Waals surface area contributed by atoms with Gasteiger partial charge in [-0.1, -0.05) is 44.7 Å². The van der Waals surface area contributed by atoms with Gasteiger partial charge in [0.25, 0.3) is 0 Å². The molecule has 1 atom stereocenters. The van der Waals surface area contributed by atoms with Crippen LogP contribution in [0.3, 0.4) is 0 Å². The zero-order chi connectivity index (χ0) is 18.5. The quantitative estimate of drug-likeness (QED) is 0.774. The minimum absolute atomic E-state index is 0.0240. The topological polar surface area (TPSA) is 89.3 Å². The highest BCUT2D eigenvalue weighted by atomic mass is 32.2. The van der Waals surface area contributed by atoms with Crippen LogP contribution < -0.4 is 11.1 Å². The van der Waals surface area contributed by atoms with Gasteiger partial charge in [0.1, 0.15) is 0 Å². The van der Waals surface area contributed by atoms with Gasteiger partial charge < -0.3 is 11.1 Å². The lowest BCUT2D eigenvalue weighted by atomic mass is 9.96. The van der Waals surface area contributed by atoms with Gasteiger partial charge in [-0.25, -0.2) is 8.42 Å². The first-order chi connectivity index (χ1) is 11.7. The minimum Gasteiger partial charge on any atom is -0.324 e. The number of amides is 1. The molecular formula is C19H30N2O3S. The first-order valence-electron chi connectivity index (χ1n) is 9.15. The van der Waals surface area contributed by atoms with Crippen LogP contribution in [0.2, 0.25) is 0 Å². The average Bonchev–Trinajstić information content (AvgIpc) is 2.55. The summed E-state index contributed by atoms with van der Waals surface area (Å²) >= 11 is 0. The molecule has 0 saturated heterocycles. The standard InChI is InChI=1S/C19H30N2O3S/c1-3-12-19(2,20)18(22)21-16-9-7-8-15(13-16)14-25(23,24)17-10-5-4-6-11-17/h7-9,13,17H,3-6,10-12,14,20H2,1-2H3,(H,21,22). The van der Waals surface area contributed by atoms with E-state index >= 15 is 0 Å². The van der Waals surface area contributed by atoms with Gasteiger partial charge in [0.05, 0.1) is 16.5 Å². The molecule has 2 rings (SSSR count). The van der Waals surface area contributed by atoms with Crippen molar-refractivity contribution in [2.75, 3.05) is 5.32 Å². The number of rotatable bonds is 7. The maximum absolute atomic E-state index is 12.6. The van der Waals surface area contributed by atoms with E-state index in [4.69, 9.17) is 5.73 Å². The van der Waals surface area contributed by atoms with Crippen molar-refractivity contribution >= 4 is 21.4 Å². The molecule has 1 aliphatic carbocycles. The molecule has 5 nitrogen and oxygen atoms in total. The molecule has 0 aliphatic heterocycles. The normalized spacial score (nSPS) is 18.5. The van der Waals surface area contributed by atoms with E-state index in [2.05, 4.69) is 5.32 Å². The molecule has 6 heteroatoms. The Balaban J connectivity index is 2.07. The highest BCUT2D eigenvalue weighted by molar-refractivity contribution is 7.91. The van der Waals surface area contributed by atoms with Crippen molar-refractivity contribution in [3.63, 3.8) is 0 Å². The lowest BCUT2D eigenvalue weighted by Gasteiger charge is -2.23. The summed E-state index contributed by atoms with van der Waals surface area (Å²) in [5.41, 5.74) is 6.41. The molecule has 0 radical (unpaired) electrons. The number of hydrogen-bond acceptors (Lipinski definition) is 4. The van der Waals surface area contributed by atoms with Crippen molar-refractivity contribution in [3.8, 4) is 0 Å². The summed E-state index contributed by atoms with van der Waals surface area (Å²) in [5.74, 6) is -0.224. The third-order valence-corrected chi connectivity index (χ3v) is 7.12. The number of anilines is 1. The van der Waals surface area contributed by atoms with Crippen LogP contribution in [0.5, 0.6) is 0 Å². The number of nitrogens with two attached hydrogens (primary N) is 1. The van der Waals surface area contributed by atoms with Crippen LogP contribution in [-0.4, -0.2) is 25.1 Å². The summed E-state index contributed by atoms with van der Waals surface area (Å²) in [6, 6.07) is 7.07. The predicted molar refractivity (Wildman–Crippen MR) is 102 cm³/mol. The molecule has 0 heterocycles. The fraction of sp³-hybridized carbons (Fsp3) is 0.632. The molecule has 3 N–H and O–H groups in total. The Labute approximate surface area is 151 Å². The van der Waals surface area contributed by atoms with E-state index in [9.17, 15) is 13.2 Å². The third kappa shape index (κ3) is 5.54. The van der Waals surface area contributed by atoms with Crippen molar-refractivity contribution < 1.29 is 13.2 Å². The van der Waals surface area contributed by atoms with Crippen LogP contribution in [-0.2, 0) is 20.4 Å². The van der Waals surface area contributed by atoms with Gasteiger partial charge >= 0.3 is 0 Å². The smallest absolute Gasteiger partial charge is 0.244 e. The minimum atomic E-state index is -3.16. The van der Waals surface area contributed by atoms with Crippen molar-refractivity contribution in [2.45, 2.75) is 75.3 Å². The summed E-state index contributed by atoms with van der Waals surface area (Å²) in [6.07, 6.45) is 6.06. The van der Waals surface area contributed by atoms with Crippen LogP contribution in [0.25, 0.3) is 0 Å². The Morgan fingerprint density at radius 2 is 1.96 bits per heavy atom. The highest BCUT2D eigenvalue weighted by Gasteiger charge is 2.28. The lowest BCUT2D eigenvalue weighted by molar-refractivity contribution is -0.120. The van der Waals surface area contributed by atoms with Gasteiger partial charge in [0.15, 0.2) is 9.84 Å². The molecular weight excluding hydrogens is 336 g/mol. The van der Waals surface area contributed by atoms with Gasteiger partial charge in [-0.2, -0.15) is 0 Å². The van der Waals surface area contributed by atoms with Crippen LogP contribution in [0.4, 0.5) is 5.69 Å². The maximum Gasteiger partial charge on any atom is 0.244 e. The van der Waals surface area contributed by atoms with Gasteiger partial charge in [-0.15, -0.1) is 0 Å². The van der Waals surface area contributed by atoms with E-state index in [1.54, 1.807) is 31.2 Å². The van der Waals surface area contributed by atoms with E-state index < -0.39 is 15.4 Å². The Hall–Kier alpha value is -1.40. The first kappa shape index (κ1) is 19.9. The molecule has 1 unspecified atom stereocenters. The zero-order valence-corrected chi connectivity index (χ0v) is 16.1. The molecule has 1 saturated carbocycles. The summed E-state index contributed by atoms with van der Waals surface area (Å²) in [4.78, 5) is 12.3. The Morgan fingerprint density at radius 1 is 1.28 bits per heavy atom. The lowest BCUT2D eigenvalue weighted by Crippen LogP contribution is -2.48. The van der Waals surface area contributed by atoms with Gasteiger partial charge in [-0.05, 0) is 43.9 Å². The Bertz CT molecular complexity index is 692. The summed E-state index contributed by atoms with van der Waals surface area (Å²) in [5, 5.41) is 2.59. The summed E-state index contributed by atoms with van der Waals surface area (Å²) in [7, 11) is -3.16. The van der Waals surface area contributed by atoms with Gasteiger partial charge in [0.2, 0.25) is 5.91 Å². The van der Waals surface area contributed by atoms with Crippen LogP contribution >= 0.6 is 0 Å². The van der Waals surface area contributed by atoms with E-state index in [1.807, 2.05) is 6.92 Å². The number of carbonyl (C=O) groups excluding carboxylic acids is 1. The van der Waals surface area contributed by atoms with E-state index in [0.717, 1.165) is 38.5 Å². The number of sulfone groups is 1. The molecule has 1 aliphatic rings. The molecule has 1 fully saturated rings. The predicted octanol–water partition coefficient (Wildman–Crippen LogP) is 3.39. The fourth-order valence-corrected chi connectivity index (χ4v) is 5.35. The first-order valence-corrected chi connectivity index (χ1v) is 10.9. The third-order valence-electron chi connectivity index (χ3n) is 4.90. The van der Waals surface area contributed by atoms with Crippen molar-refractivity contribution in [2.24, 2.45) is 5.73 Å². The monoisotopic (exact) mass is 366 g/mol. The summed E-state index contributed by atoms with van der Waals surface area (Å²) < 4.78 is 25.3. The largest absolute Gasteiger partial charge is 0.324 e. The van der Waals surface area contributed by atoms with E-state index in [-0.39, 0.29) is 16.9 Å². The second-order valence-corrected chi connectivity index (χ2v) is 9.67. The number of benzene rings is 1. The summed E-state index contributed by atoms with van der Waals surface area (Å²) in [6.45, 7) is 3.69. The van der Waals surface area contributed by atoms with Crippen molar-refractivity contribution in [1.82, 2.24) is 0 Å². The molecule has 0 bridgehead atoms. The van der Waals surface area contributed by atoms with Crippen LogP contribution in [0.1, 0.15) is 64.4 Å².